The Bertz CT molecular complexity index is 575. The van der Waals surface area contributed by atoms with Crippen LogP contribution in [0.5, 0.6) is 5.75 Å². The molecule has 0 atom stereocenters. The highest BCUT2D eigenvalue weighted by molar-refractivity contribution is 6.30. The Balaban J connectivity index is 2.09. The molecule has 3 nitrogen and oxygen atoms in total. The monoisotopic (exact) mass is 266 g/mol. The van der Waals surface area contributed by atoms with Crippen LogP contribution in [0.3, 0.4) is 0 Å². The van der Waals surface area contributed by atoms with Crippen LogP contribution in [0.15, 0.2) is 30.3 Å². The van der Waals surface area contributed by atoms with E-state index in [1.54, 1.807) is 12.1 Å². The van der Waals surface area contributed by atoms with Gasteiger partial charge < -0.3 is 10.5 Å². The van der Waals surface area contributed by atoms with Gasteiger partial charge in [0.2, 0.25) is 0 Å². The number of hydrogen-bond acceptors (Lipinski definition) is 3. The molecule has 0 aliphatic rings. The second kappa shape index (κ2) is 5.23. The van der Waals surface area contributed by atoms with Crippen molar-refractivity contribution in [2.45, 2.75) is 13.5 Å². The lowest BCUT2D eigenvalue weighted by molar-refractivity contribution is 0.306. The maximum absolute atomic E-state index is 13.0. The predicted molar refractivity (Wildman–Crippen MR) is 69.1 cm³/mol. The summed E-state index contributed by atoms with van der Waals surface area (Å²) in [6, 6.07) is 8.00. The molecular formula is C13H12ClFN2O. The highest BCUT2D eigenvalue weighted by Gasteiger charge is 2.04. The standard InChI is InChI=1S/C13H12ClFN2O/c1-8-2-5-12(13(16)17-8)18-7-9-3-4-11(15)10(14)6-9/h2-6H,7H2,1H3,(H2,16,17). The van der Waals surface area contributed by atoms with Gasteiger partial charge in [-0.25, -0.2) is 9.37 Å². The number of aromatic nitrogens is 1. The Hall–Kier alpha value is -1.81. The predicted octanol–water partition coefficient (Wildman–Crippen LogP) is 3.34. The van der Waals surface area contributed by atoms with Gasteiger partial charge in [-0.15, -0.1) is 0 Å². The quantitative estimate of drug-likeness (QED) is 0.927. The summed E-state index contributed by atoms with van der Waals surface area (Å²) in [5, 5.41) is 0.0751. The summed E-state index contributed by atoms with van der Waals surface area (Å²) in [7, 11) is 0. The van der Waals surface area contributed by atoms with Crippen LogP contribution in [0.4, 0.5) is 10.2 Å². The van der Waals surface area contributed by atoms with Crippen LogP contribution in [-0.4, -0.2) is 4.98 Å². The minimum Gasteiger partial charge on any atom is -0.485 e. The van der Waals surface area contributed by atoms with Crippen LogP contribution in [-0.2, 0) is 6.61 Å². The number of nitrogens with two attached hydrogens (primary N) is 1. The fraction of sp³-hybridized carbons (Fsp3) is 0.154. The van der Waals surface area contributed by atoms with Gasteiger partial charge in [0.25, 0.3) is 0 Å². The molecule has 2 rings (SSSR count). The van der Waals surface area contributed by atoms with E-state index in [9.17, 15) is 4.39 Å². The van der Waals surface area contributed by atoms with Gasteiger partial charge in [0.05, 0.1) is 5.02 Å². The van der Waals surface area contributed by atoms with Crippen LogP contribution in [0, 0.1) is 12.7 Å². The first-order valence-electron chi connectivity index (χ1n) is 5.36. The van der Waals surface area contributed by atoms with Gasteiger partial charge >= 0.3 is 0 Å². The van der Waals surface area contributed by atoms with Crippen LogP contribution in [0.2, 0.25) is 5.02 Å². The van der Waals surface area contributed by atoms with E-state index >= 15 is 0 Å². The minimum absolute atomic E-state index is 0.0751. The molecule has 0 unspecified atom stereocenters. The van der Waals surface area contributed by atoms with Crippen molar-refractivity contribution in [3.05, 3.63) is 52.4 Å². The third kappa shape index (κ3) is 2.90. The van der Waals surface area contributed by atoms with Crippen molar-refractivity contribution in [3.63, 3.8) is 0 Å². The summed E-state index contributed by atoms with van der Waals surface area (Å²) >= 11 is 5.68. The number of nitrogen functional groups attached to an aromatic ring is 1. The molecule has 18 heavy (non-hydrogen) atoms. The van der Waals surface area contributed by atoms with Gasteiger partial charge in [-0.3, -0.25) is 0 Å². The molecule has 0 amide bonds. The van der Waals surface area contributed by atoms with Crippen molar-refractivity contribution in [1.29, 1.82) is 0 Å². The summed E-state index contributed by atoms with van der Waals surface area (Å²) in [4.78, 5) is 4.08. The SMILES string of the molecule is Cc1ccc(OCc2ccc(F)c(Cl)c2)c(N)n1. The number of anilines is 1. The largest absolute Gasteiger partial charge is 0.485 e. The molecule has 0 aliphatic carbocycles. The molecule has 0 aliphatic heterocycles. The van der Waals surface area contributed by atoms with Gasteiger partial charge in [-0.1, -0.05) is 17.7 Å². The van der Waals surface area contributed by atoms with Gasteiger partial charge in [0.15, 0.2) is 11.6 Å². The van der Waals surface area contributed by atoms with Crippen LogP contribution < -0.4 is 10.5 Å². The molecule has 0 radical (unpaired) electrons. The second-order valence-electron chi connectivity index (χ2n) is 3.87. The molecule has 2 N–H and O–H groups in total. The molecule has 5 heteroatoms. The van der Waals surface area contributed by atoms with Crippen molar-refractivity contribution in [3.8, 4) is 5.75 Å². The normalized spacial score (nSPS) is 10.4. The summed E-state index contributed by atoms with van der Waals surface area (Å²) in [5.74, 6) is 0.390. The van der Waals surface area contributed by atoms with E-state index < -0.39 is 5.82 Å². The molecule has 0 spiro atoms. The number of ether oxygens (including phenoxy) is 1. The zero-order chi connectivity index (χ0) is 13.1. The third-order valence-electron chi connectivity index (χ3n) is 2.40. The minimum atomic E-state index is -0.447. The lowest BCUT2D eigenvalue weighted by Crippen LogP contribution is -2.01. The highest BCUT2D eigenvalue weighted by Crippen LogP contribution is 2.21. The Morgan fingerprint density at radius 3 is 2.78 bits per heavy atom. The van der Waals surface area contributed by atoms with Gasteiger partial charge in [0, 0.05) is 5.69 Å². The van der Waals surface area contributed by atoms with Crippen molar-refractivity contribution in [1.82, 2.24) is 4.98 Å². The van der Waals surface area contributed by atoms with Gasteiger partial charge in [-0.05, 0) is 36.8 Å². The summed E-state index contributed by atoms with van der Waals surface area (Å²) in [5.41, 5.74) is 7.31. The van der Waals surface area contributed by atoms with E-state index in [0.717, 1.165) is 11.3 Å². The Kier molecular flexibility index (Phi) is 3.67. The lowest BCUT2D eigenvalue weighted by Gasteiger charge is -2.09. The average Bonchev–Trinajstić information content (AvgIpc) is 2.32. The zero-order valence-electron chi connectivity index (χ0n) is 9.78. The topological polar surface area (TPSA) is 48.1 Å². The summed E-state index contributed by atoms with van der Waals surface area (Å²) in [6.45, 7) is 2.11. The van der Waals surface area contributed by atoms with E-state index in [1.165, 1.54) is 12.1 Å². The number of nitrogens with zero attached hydrogens (tertiary/aromatic N) is 1. The molecule has 0 fully saturated rings. The van der Waals surface area contributed by atoms with Crippen LogP contribution in [0.1, 0.15) is 11.3 Å². The second-order valence-corrected chi connectivity index (χ2v) is 4.28. The van der Waals surface area contributed by atoms with Gasteiger partial charge in [0.1, 0.15) is 12.4 Å². The van der Waals surface area contributed by atoms with Crippen molar-refractivity contribution >= 4 is 17.4 Å². The molecule has 1 aromatic carbocycles. The fourth-order valence-electron chi connectivity index (χ4n) is 1.48. The number of benzene rings is 1. The smallest absolute Gasteiger partial charge is 0.166 e. The lowest BCUT2D eigenvalue weighted by atomic mass is 10.2. The molecule has 1 aromatic heterocycles. The Morgan fingerprint density at radius 1 is 1.33 bits per heavy atom. The van der Waals surface area contributed by atoms with E-state index in [2.05, 4.69) is 4.98 Å². The Morgan fingerprint density at radius 2 is 2.11 bits per heavy atom. The summed E-state index contributed by atoms with van der Waals surface area (Å²) < 4.78 is 18.5. The number of rotatable bonds is 3. The zero-order valence-corrected chi connectivity index (χ0v) is 10.5. The van der Waals surface area contributed by atoms with E-state index in [-0.39, 0.29) is 11.6 Å². The van der Waals surface area contributed by atoms with E-state index in [0.29, 0.717) is 11.6 Å². The van der Waals surface area contributed by atoms with Crippen molar-refractivity contribution in [2.75, 3.05) is 5.73 Å². The van der Waals surface area contributed by atoms with E-state index in [4.69, 9.17) is 22.1 Å². The summed E-state index contributed by atoms with van der Waals surface area (Å²) in [6.07, 6.45) is 0. The fourth-order valence-corrected chi connectivity index (χ4v) is 1.68. The van der Waals surface area contributed by atoms with Gasteiger partial charge in [-0.2, -0.15) is 0 Å². The maximum atomic E-state index is 13.0. The molecule has 1 heterocycles. The number of hydrogen-bond donors (Lipinski definition) is 1. The number of aryl methyl sites for hydroxylation is 1. The Labute approximate surface area is 109 Å². The third-order valence-corrected chi connectivity index (χ3v) is 2.69. The first kappa shape index (κ1) is 12.6. The number of halogens is 2. The van der Waals surface area contributed by atoms with Crippen molar-refractivity contribution < 1.29 is 9.13 Å². The van der Waals surface area contributed by atoms with Crippen LogP contribution >= 0.6 is 11.6 Å². The van der Waals surface area contributed by atoms with E-state index in [1.807, 2.05) is 13.0 Å². The average molecular weight is 267 g/mol. The molecule has 0 saturated heterocycles. The highest BCUT2D eigenvalue weighted by atomic mass is 35.5. The van der Waals surface area contributed by atoms with Crippen molar-refractivity contribution in [2.24, 2.45) is 0 Å². The van der Waals surface area contributed by atoms with Crippen LogP contribution in [0.25, 0.3) is 0 Å². The molecule has 0 bridgehead atoms. The first-order valence-corrected chi connectivity index (χ1v) is 5.74. The molecule has 0 saturated carbocycles. The molecular weight excluding hydrogens is 255 g/mol. The first-order chi connectivity index (χ1) is 8.56. The molecule has 2 aromatic rings. The molecule has 94 valence electrons. The number of pyridine rings is 1. The maximum Gasteiger partial charge on any atom is 0.166 e.